The lowest BCUT2D eigenvalue weighted by molar-refractivity contribution is -0.137. The average molecular weight is 476 g/mol. The van der Waals surface area contributed by atoms with Crippen molar-refractivity contribution in [3.05, 3.63) is 126 Å². The van der Waals surface area contributed by atoms with Gasteiger partial charge in [-0.1, -0.05) is 66.7 Å². The summed E-state index contributed by atoms with van der Waals surface area (Å²) in [5.41, 5.74) is 9.07. The Kier molecular flexibility index (Phi) is 4.43. The summed E-state index contributed by atoms with van der Waals surface area (Å²) in [6.45, 7) is 0. The Hall–Kier alpha value is -4.31. The molecule has 1 nitrogen and oxygen atoms in total. The maximum Gasteiger partial charge on any atom is 0.416 e. The van der Waals surface area contributed by atoms with Crippen molar-refractivity contribution < 1.29 is 13.2 Å². The average Bonchev–Trinajstić information content (AvgIpc) is 3.43. The number of nitrogens with zero attached hydrogens (tertiary/aromatic N) is 1. The van der Waals surface area contributed by atoms with Crippen LogP contribution in [0.4, 0.5) is 13.2 Å². The Bertz CT molecular complexity index is 1810. The van der Waals surface area contributed by atoms with E-state index >= 15 is 0 Å². The smallest absolute Gasteiger partial charge is 0.309 e. The Balaban J connectivity index is 1.42. The van der Waals surface area contributed by atoms with Crippen molar-refractivity contribution >= 4 is 21.8 Å². The summed E-state index contributed by atoms with van der Waals surface area (Å²) in [6.07, 6.45) is -3.44. The molecular weight excluding hydrogens is 455 g/mol. The summed E-state index contributed by atoms with van der Waals surface area (Å²) < 4.78 is 42.3. The summed E-state index contributed by atoms with van der Waals surface area (Å²) in [4.78, 5) is 0. The van der Waals surface area contributed by atoms with Crippen LogP contribution >= 0.6 is 0 Å². The highest BCUT2D eigenvalue weighted by molar-refractivity contribution is 6.10. The van der Waals surface area contributed by atoms with E-state index in [9.17, 15) is 13.2 Å². The lowest BCUT2D eigenvalue weighted by Crippen LogP contribution is -2.06. The second kappa shape index (κ2) is 7.59. The second-order valence-electron chi connectivity index (χ2n) is 9.34. The first-order chi connectivity index (χ1) is 17.5. The molecule has 0 aliphatic heterocycles. The van der Waals surface area contributed by atoms with E-state index in [1.54, 1.807) is 6.07 Å². The SMILES string of the molecule is FC(F)(F)c1cccc(-n2c3ccccc3c3cc(-c4ccc5c(c4)-c4ccccc4C5)ccc32)c1. The van der Waals surface area contributed by atoms with Crippen molar-refractivity contribution in [1.82, 2.24) is 4.57 Å². The quantitative estimate of drug-likeness (QED) is 0.235. The van der Waals surface area contributed by atoms with E-state index in [1.165, 1.54) is 34.4 Å². The molecule has 0 unspecified atom stereocenters. The van der Waals surface area contributed by atoms with Gasteiger partial charge in [-0.15, -0.1) is 0 Å². The number of fused-ring (bicyclic) bond motifs is 6. The standard InChI is InChI=1S/C32H20F3N/c33-32(34,35)24-7-5-8-25(19-24)36-30-11-4-3-10-27(30)29-18-21(14-15-31(29)36)20-12-13-23-16-22-6-1-2-9-26(22)28(23)17-20/h1-15,17-19H,16H2. The molecule has 1 heterocycles. The van der Waals surface area contributed by atoms with Crippen LogP contribution in [0.25, 0.3) is 49.7 Å². The molecule has 0 fully saturated rings. The number of halogens is 3. The molecule has 0 radical (unpaired) electrons. The molecule has 1 aliphatic rings. The topological polar surface area (TPSA) is 4.93 Å². The predicted octanol–water partition coefficient (Wildman–Crippen LogP) is 9.04. The molecule has 7 rings (SSSR count). The molecule has 0 saturated heterocycles. The van der Waals surface area contributed by atoms with Crippen LogP contribution in [-0.4, -0.2) is 4.57 Å². The van der Waals surface area contributed by atoms with E-state index in [-0.39, 0.29) is 0 Å². The number of aromatic nitrogens is 1. The van der Waals surface area contributed by atoms with Crippen LogP contribution in [0.1, 0.15) is 16.7 Å². The summed E-state index contributed by atoms with van der Waals surface area (Å²) >= 11 is 0. The largest absolute Gasteiger partial charge is 0.416 e. The first-order valence-electron chi connectivity index (χ1n) is 11.9. The van der Waals surface area contributed by atoms with Gasteiger partial charge in [-0.2, -0.15) is 13.2 Å². The molecule has 36 heavy (non-hydrogen) atoms. The van der Waals surface area contributed by atoms with Crippen molar-refractivity contribution in [2.75, 3.05) is 0 Å². The zero-order chi connectivity index (χ0) is 24.4. The van der Waals surface area contributed by atoms with Crippen molar-refractivity contribution in [2.24, 2.45) is 0 Å². The number of rotatable bonds is 2. The highest BCUT2D eigenvalue weighted by Crippen LogP contribution is 2.40. The minimum Gasteiger partial charge on any atom is -0.309 e. The highest BCUT2D eigenvalue weighted by atomic mass is 19.4. The number of alkyl halides is 3. The van der Waals surface area contributed by atoms with Crippen molar-refractivity contribution in [1.29, 1.82) is 0 Å². The van der Waals surface area contributed by atoms with E-state index in [4.69, 9.17) is 0 Å². The first kappa shape index (κ1) is 21.0. The van der Waals surface area contributed by atoms with Crippen LogP contribution in [0.3, 0.4) is 0 Å². The van der Waals surface area contributed by atoms with E-state index in [0.717, 1.165) is 45.4 Å². The fourth-order valence-corrected chi connectivity index (χ4v) is 5.56. The molecule has 0 atom stereocenters. The first-order valence-corrected chi connectivity index (χ1v) is 11.9. The Morgan fingerprint density at radius 2 is 1.28 bits per heavy atom. The van der Waals surface area contributed by atoms with Crippen LogP contribution < -0.4 is 0 Å². The van der Waals surface area contributed by atoms with Gasteiger partial charge in [-0.25, -0.2) is 0 Å². The third-order valence-electron chi connectivity index (χ3n) is 7.24. The van der Waals surface area contributed by atoms with Crippen LogP contribution in [0.15, 0.2) is 109 Å². The predicted molar refractivity (Wildman–Crippen MR) is 139 cm³/mol. The fraction of sp³-hybridized carbons (Fsp3) is 0.0625. The van der Waals surface area contributed by atoms with Crippen LogP contribution in [0.5, 0.6) is 0 Å². The minimum atomic E-state index is -4.39. The normalized spacial score (nSPS) is 12.8. The van der Waals surface area contributed by atoms with Gasteiger partial charge in [0, 0.05) is 16.5 Å². The molecule has 0 N–H and O–H groups in total. The van der Waals surface area contributed by atoms with E-state index in [2.05, 4.69) is 54.6 Å². The zero-order valence-electron chi connectivity index (χ0n) is 19.2. The highest BCUT2D eigenvalue weighted by Gasteiger charge is 2.30. The third-order valence-corrected chi connectivity index (χ3v) is 7.24. The van der Waals surface area contributed by atoms with Gasteiger partial charge >= 0.3 is 6.18 Å². The summed E-state index contributed by atoms with van der Waals surface area (Å²) in [7, 11) is 0. The van der Waals surface area contributed by atoms with Gasteiger partial charge in [-0.05, 0) is 82.3 Å². The maximum atomic E-state index is 13.5. The van der Waals surface area contributed by atoms with Crippen LogP contribution in [0, 0.1) is 0 Å². The summed E-state index contributed by atoms with van der Waals surface area (Å²) in [5, 5.41) is 2.03. The van der Waals surface area contributed by atoms with E-state index in [0.29, 0.717) is 5.69 Å². The molecule has 1 aliphatic carbocycles. The van der Waals surface area contributed by atoms with Crippen molar-refractivity contribution in [2.45, 2.75) is 12.6 Å². The van der Waals surface area contributed by atoms with Gasteiger partial charge in [0.1, 0.15) is 0 Å². The van der Waals surface area contributed by atoms with Gasteiger partial charge < -0.3 is 4.57 Å². The lowest BCUT2D eigenvalue weighted by Gasteiger charge is -2.12. The van der Waals surface area contributed by atoms with Crippen LogP contribution in [-0.2, 0) is 12.6 Å². The molecule has 0 amide bonds. The molecule has 6 aromatic rings. The van der Waals surface area contributed by atoms with E-state index < -0.39 is 11.7 Å². The Labute approximate surface area is 206 Å². The zero-order valence-corrected chi connectivity index (χ0v) is 19.2. The Morgan fingerprint density at radius 3 is 2.17 bits per heavy atom. The second-order valence-corrected chi connectivity index (χ2v) is 9.34. The number of hydrogen-bond donors (Lipinski definition) is 0. The number of benzene rings is 5. The van der Waals surface area contributed by atoms with Crippen LogP contribution in [0.2, 0.25) is 0 Å². The number of hydrogen-bond acceptors (Lipinski definition) is 0. The molecule has 0 bridgehead atoms. The van der Waals surface area contributed by atoms with Gasteiger partial charge in [-0.3, -0.25) is 0 Å². The fourth-order valence-electron chi connectivity index (χ4n) is 5.56. The lowest BCUT2D eigenvalue weighted by atomic mass is 9.97. The van der Waals surface area contributed by atoms with E-state index in [1.807, 2.05) is 34.9 Å². The minimum absolute atomic E-state index is 0.498. The summed E-state index contributed by atoms with van der Waals surface area (Å²) in [6, 6.07) is 34.8. The maximum absolute atomic E-state index is 13.5. The van der Waals surface area contributed by atoms with Gasteiger partial charge in [0.15, 0.2) is 0 Å². The molecular formula is C32H20F3N. The number of para-hydroxylation sites is 1. The van der Waals surface area contributed by atoms with Gasteiger partial charge in [0.05, 0.1) is 16.6 Å². The van der Waals surface area contributed by atoms with Gasteiger partial charge in [0.25, 0.3) is 0 Å². The monoisotopic (exact) mass is 475 g/mol. The van der Waals surface area contributed by atoms with Crippen molar-refractivity contribution in [3.8, 4) is 27.9 Å². The molecule has 0 spiro atoms. The third kappa shape index (κ3) is 3.18. The molecule has 5 aromatic carbocycles. The summed E-state index contributed by atoms with van der Waals surface area (Å²) in [5.74, 6) is 0. The molecule has 4 heteroatoms. The molecule has 1 aromatic heterocycles. The molecule has 0 saturated carbocycles. The Morgan fingerprint density at radius 1 is 0.556 bits per heavy atom. The van der Waals surface area contributed by atoms with Gasteiger partial charge in [0.2, 0.25) is 0 Å². The van der Waals surface area contributed by atoms with Crippen molar-refractivity contribution in [3.63, 3.8) is 0 Å². The molecule has 174 valence electrons.